The van der Waals surface area contributed by atoms with Crippen LogP contribution in [-0.4, -0.2) is 6.02 Å². The van der Waals surface area contributed by atoms with Gasteiger partial charge in [0.2, 0.25) is 0 Å². The molecule has 0 atom stereocenters. The topological polar surface area (TPSA) is 72.9 Å². The molecule has 0 unspecified atom stereocenters. The summed E-state index contributed by atoms with van der Waals surface area (Å²) < 4.78 is 0. The fourth-order valence-corrected chi connectivity index (χ4v) is 0. The molecule has 0 aromatic heterocycles. The van der Waals surface area contributed by atoms with E-state index >= 15 is 0 Å². The molecule has 0 heterocycles. The van der Waals surface area contributed by atoms with E-state index in [9.17, 15) is 0 Å². The van der Waals surface area contributed by atoms with Gasteiger partial charge in [0.15, 0.2) is 0 Å². The van der Waals surface area contributed by atoms with E-state index in [1.165, 1.54) is 0 Å². The molecule has 0 fully saturated rings. The van der Waals surface area contributed by atoms with Gasteiger partial charge in [0.05, 0.1) is 0 Å². The van der Waals surface area contributed by atoms with Crippen LogP contribution in [0.3, 0.4) is 0 Å². The normalized spacial score (nSPS) is 2.67. The van der Waals surface area contributed by atoms with Crippen molar-refractivity contribution in [2.45, 2.75) is 0 Å². The van der Waals surface area contributed by atoms with Crippen LogP contribution in [-0.2, 0) is 21.7 Å². The van der Waals surface area contributed by atoms with Crippen LogP contribution < -0.4 is 48.1 Å². The average Bonchev–Trinajstić information content (AvgIpc) is 0.811. The molecule has 0 saturated heterocycles. The Morgan fingerprint density at radius 1 is 1.22 bits per heavy atom. The summed E-state index contributed by atoms with van der Waals surface area (Å²) in [4.78, 5) is 0. The second-order valence-electron chi connectivity index (χ2n) is 0.364. The van der Waals surface area contributed by atoms with E-state index in [0.717, 1.165) is 0 Å². The molecule has 3 N–H and O–H groups in total. The number of halogens is 4. The van der Waals surface area contributed by atoms with Gasteiger partial charge in [-0.15, -0.1) is 12.4 Å². The third-order valence-electron chi connectivity index (χ3n) is 0. The van der Waals surface area contributed by atoms with E-state index in [2.05, 4.69) is 5.73 Å². The predicted molar refractivity (Wildman–Crippen MR) is 19.2 cm³/mol. The number of amidine groups is 1. The largest absolute Gasteiger partial charge is 4.00 e. The zero-order valence-electron chi connectivity index (χ0n) is 4.03. The molecular weight excluding hydrogens is 246 g/mol. The van der Waals surface area contributed by atoms with Gasteiger partial charge in [-0.05, 0) is 0 Å². The maximum Gasteiger partial charge on any atom is 4.00 e. The number of rotatable bonds is 0. The van der Waals surface area contributed by atoms with Gasteiger partial charge in [-0.3, -0.25) is 5.41 Å². The van der Waals surface area contributed by atoms with Crippen molar-refractivity contribution in [1.82, 2.24) is 0 Å². The second-order valence-corrected chi connectivity index (χ2v) is 0.364. The van der Waals surface area contributed by atoms with E-state index < -0.39 is 6.02 Å². The monoisotopic (exact) mass is 248 g/mol. The zero-order chi connectivity index (χ0) is 3.58. The predicted octanol–water partition coefficient (Wildman–Crippen LogP) is -10.3. The third-order valence-corrected chi connectivity index (χ3v) is 0. The van der Waals surface area contributed by atoms with Crippen LogP contribution in [0.25, 0.3) is 0 Å². The van der Waals surface area contributed by atoms with Crippen molar-refractivity contribution >= 4 is 18.4 Å². The molecule has 56 valence electrons. The van der Waals surface area contributed by atoms with E-state index in [0.29, 0.717) is 0 Å². The quantitative estimate of drug-likeness (QED) is 0.254. The number of hydrogen-bond donors (Lipinski definition) is 2. The van der Waals surface area contributed by atoms with Gasteiger partial charge in [-0.2, -0.15) is 0 Å². The Labute approximate surface area is 93.2 Å². The Bertz CT molecular complexity index is 41.5. The Kier molecular flexibility index (Phi) is 194. The summed E-state index contributed by atoms with van der Waals surface area (Å²) in [6.45, 7) is 0. The molecule has 8 heteroatoms. The molecule has 0 aromatic rings. The molecule has 3 nitrogen and oxygen atoms in total. The summed E-state index contributed by atoms with van der Waals surface area (Å²) in [6.07, 6.45) is 0. The molecule has 0 radical (unpaired) electrons. The Balaban J connectivity index is -0.00000000450. The minimum absolute atomic E-state index is 0. The van der Waals surface area contributed by atoms with E-state index in [1.54, 1.807) is 0 Å². The molecular formula is CH4Cl4N2OTi. The molecule has 0 saturated carbocycles. The SMILES string of the molecule is Cl.N=C(N)[O-].[Cl-].[Cl-].[Cl-].[Ti+4]. The van der Waals surface area contributed by atoms with Crippen molar-refractivity contribution in [1.29, 1.82) is 5.41 Å². The van der Waals surface area contributed by atoms with Crippen LogP contribution in [0.15, 0.2) is 0 Å². The van der Waals surface area contributed by atoms with Crippen LogP contribution in [0.2, 0.25) is 0 Å². The van der Waals surface area contributed by atoms with Crippen LogP contribution in [0.5, 0.6) is 0 Å². The van der Waals surface area contributed by atoms with Gasteiger partial charge in [0.1, 0.15) is 0 Å². The summed E-state index contributed by atoms with van der Waals surface area (Å²) in [7, 11) is 0. The maximum absolute atomic E-state index is 8.89. The van der Waals surface area contributed by atoms with Crippen LogP contribution in [0.1, 0.15) is 0 Å². The van der Waals surface area contributed by atoms with Crippen molar-refractivity contribution in [2.24, 2.45) is 5.73 Å². The zero-order valence-corrected chi connectivity index (χ0v) is 8.67. The van der Waals surface area contributed by atoms with Crippen molar-refractivity contribution < 1.29 is 64.0 Å². The minimum atomic E-state index is -1.08. The summed E-state index contributed by atoms with van der Waals surface area (Å²) in [6, 6.07) is -1.08. The number of hydrogen-bond acceptors (Lipinski definition) is 2. The molecule has 9 heavy (non-hydrogen) atoms. The summed E-state index contributed by atoms with van der Waals surface area (Å²) >= 11 is 0. The Morgan fingerprint density at radius 2 is 1.22 bits per heavy atom. The van der Waals surface area contributed by atoms with Crippen molar-refractivity contribution in [3.63, 3.8) is 0 Å². The molecule has 0 bridgehead atoms. The van der Waals surface area contributed by atoms with Crippen LogP contribution >= 0.6 is 12.4 Å². The van der Waals surface area contributed by atoms with Gasteiger partial charge in [-0.25, -0.2) is 0 Å². The molecule has 0 aliphatic heterocycles. The van der Waals surface area contributed by atoms with E-state index in [1.807, 2.05) is 0 Å². The Hall–Kier alpha value is 1.14. The van der Waals surface area contributed by atoms with E-state index in [4.69, 9.17) is 10.5 Å². The molecule has 0 amide bonds. The molecule has 0 aliphatic rings. The van der Waals surface area contributed by atoms with Crippen molar-refractivity contribution in [3.05, 3.63) is 0 Å². The summed E-state index contributed by atoms with van der Waals surface area (Å²) in [5, 5.41) is 14.6. The van der Waals surface area contributed by atoms with Gasteiger partial charge in [0, 0.05) is 6.02 Å². The molecule has 0 aliphatic carbocycles. The minimum Gasteiger partial charge on any atom is -1.00 e. The fraction of sp³-hybridized carbons (Fsp3) is 0. The first-order valence-corrected chi connectivity index (χ1v) is 0.743. The van der Waals surface area contributed by atoms with Gasteiger partial charge in [0.25, 0.3) is 0 Å². The van der Waals surface area contributed by atoms with Crippen molar-refractivity contribution in [3.8, 4) is 0 Å². The number of nitrogens with two attached hydrogens (primary N) is 1. The van der Waals surface area contributed by atoms with Gasteiger partial charge < -0.3 is 48.1 Å². The van der Waals surface area contributed by atoms with Gasteiger partial charge >= 0.3 is 21.7 Å². The first kappa shape index (κ1) is 49.4. The average molecular weight is 250 g/mol. The smallest absolute Gasteiger partial charge is 1.00 e. The van der Waals surface area contributed by atoms with E-state index in [-0.39, 0.29) is 71.3 Å². The third kappa shape index (κ3) is 356. The molecule has 0 spiro atoms. The maximum atomic E-state index is 8.89. The van der Waals surface area contributed by atoms with Crippen molar-refractivity contribution in [2.75, 3.05) is 0 Å². The summed E-state index contributed by atoms with van der Waals surface area (Å²) in [5.74, 6) is 0. The van der Waals surface area contributed by atoms with Crippen LogP contribution in [0.4, 0.5) is 0 Å². The first-order valence-electron chi connectivity index (χ1n) is 0.743. The molecule has 0 aromatic carbocycles. The number of nitrogens with one attached hydrogen (secondary N) is 1. The summed E-state index contributed by atoms with van der Waals surface area (Å²) in [5.41, 5.74) is 4.14. The standard InChI is InChI=1S/CH4N2O.4ClH.Ti/c2-1(3)4;;;;;/h(H4,2,3,4);4*1H;/q;;;;;+4/p-4. The second kappa shape index (κ2) is 35.3. The van der Waals surface area contributed by atoms with Gasteiger partial charge in [-0.1, -0.05) is 0 Å². The fourth-order valence-electron chi connectivity index (χ4n) is 0. The van der Waals surface area contributed by atoms with Crippen LogP contribution in [0, 0.1) is 5.41 Å². The first-order chi connectivity index (χ1) is 1.73. The molecule has 0 rings (SSSR count). The Morgan fingerprint density at radius 3 is 1.22 bits per heavy atom.